The molecule has 0 radical (unpaired) electrons. The summed E-state index contributed by atoms with van der Waals surface area (Å²) in [5.74, 6) is 0.502. The van der Waals surface area contributed by atoms with Gasteiger partial charge in [0.05, 0.1) is 12.0 Å². The zero-order chi connectivity index (χ0) is 17.7. The molecule has 0 aliphatic rings. The molecule has 0 saturated heterocycles. The molecule has 1 aromatic carbocycles. The molecule has 1 heterocycles. The molecule has 128 valence electrons. The highest BCUT2D eigenvalue weighted by molar-refractivity contribution is 5.74. The average Bonchev–Trinajstić information content (AvgIpc) is 2.59. The Hall–Kier alpha value is -2.83. The van der Waals surface area contributed by atoms with E-state index in [1.54, 1.807) is 7.05 Å². The minimum Gasteiger partial charge on any atom is -0.481 e. The van der Waals surface area contributed by atoms with E-state index in [0.29, 0.717) is 18.1 Å². The van der Waals surface area contributed by atoms with Crippen LogP contribution in [0.1, 0.15) is 23.6 Å². The Morgan fingerprint density at radius 2 is 2.12 bits per heavy atom. The van der Waals surface area contributed by atoms with Gasteiger partial charge in [-0.25, -0.2) is 0 Å². The SMILES string of the molecule is CCc1cccc(C)c1CNc1nc(OC)cc(NC)c1[N+](=O)[O-]. The van der Waals surface area contributed by atoms with Gasteiger partial charge in [0.25, 0.3) is 0 Å². The van der Waals surface area contributed by atoms with Crippen molar-refractivity contribution in [2.75, 3.05) is 24.8 Å². The van der Waals surface area contributed by atoms with E-state index in [9.17, 15) is 10.1 Å². The number of anilines is 2. The molecule has 0 aliphatic heterocycles. The average molecular weight is 330 g/mol. The van der Waals surface area contributed by atoms with E-state index in [0.717, 1.165) is 17.5 Å². The fourth-order valence-corrected chi connectivity index (χ4v) is 2.64. The summed E-state index contributed by atoms with van der Waals surface area (Å²) in [4.78, 5) is 15.2. The first-order valence-corrected chi connectivity index (χ1v) is 7.74. The normalized spacial score (nSPS) is 10.3. The number of nitro groups is 1. The summed E-state index contributed by atoms with van der Waals surface area (Å²) in [6.07, 6.45) is 0.897. The maximum absolute atomic E-state index is 11.4. The fraction of sp³-hybridized carbons (Fsp3) is 0.353. The molecular weight excluding hydrogens is 308 g/mol. The van der Waals surface area contributed by atoms with Gasteiger partial charge in [0, 0.05) is 19.7 Å². The number of pyridine rings is 1. The van der Waals surface area contributed by atoms with Crippen molar-refractivity contribution in [3.63, 3.8) is 0 Å². The van der Waals surface area contributed by atoms with Crippen LogP contribution in [0.4, 0.5) is 17.2 Å². The molecule has 1 aromatic heterocycles. The Morgan fingerprint density at radius 1 is 1.38 bits per heavy atom. The summed E-state index contributed by atoms with van der Waals surface area (Å²) >= 11 is 0. The van der Waals surface area contributed by atoms with Crippen molar-refractivity contribution in [1.82, 2.24) is 4.98 Å². The van der Waals surface area contributed by atoms with Gasteiger partial charge in [-0.1, -0.05) is 25.1 Å². The Kier molecular flexibility index (Phi) is 5.57. The lowest BCUT2D eigenvalue weighted by atomic mass is 10.00. The van der Waals surface area contributed by atoms with Gasteiger partial charge in [-0.3, -0.25) is 10.1 Å². The molecule has 0 unspecified atom stereocenters. The summed E-state index contributed by atoms with van der Waals surface area (Å²) < 4.78 is 5.14. The van der Waals surface area contributed by atoms with Crippen LogP contribution in [-0.2, 0) is 13.0 Å². The van der Waals surface area contributed by atoms with Crippen molar-refractivity contribution in [1.29, 1.82) is 0 Å². The third kappa shape index (κ3) is 3.56. The topological polar surface area (TPSA) is 89.3 Å². The third-order valence-corrected chi connectivity index (χ3v) is 3.95. The predicted octanol–water partition coefficient (Wildman–Crippen LogP) is 3.52. The number of benzene rings is 1. The van der Waals surface area contributed by atoms with Crippen molar-refractivity contribution in [2.45, 2.75) is 26.8 Å². The number of rotatable bonds is 7. The van der Waals surface area contributed by atoms with Gasteiger partial charge < -0.3 is 15.4 Å². The molecular formula is C17H22N4O3. The van der Waals surface area contributed by atoms with Crippen LogP contribution >= 0.6 is 0 Å². The lowest BCUT2D eigenvalue weighted by molar-refractivity contribution is -0.383. The predicted molar refractivity (Wildman–Crippen MR) is 94.9 cm³/mol. The lowest BCUT2D eigenvalue weighted by Crippen LogP contribution is -2.10. The number of nitrogens with zero attached hydrogens (tertiary/aromatic N) is 2. The molecule has 24 heavy (non-hydrogen) atoms. The second kappa shape index (κ2) is 7.63. The number of hydrogen-bond acceptors (Lipinski definition) is 6. The monoisotopic (exact) mass is 330 g/mol. The molecule has 0 spiro atoms. The van der Waals surface area contributed by atoms with Gasteiger partial charge in [-0.15, -0.1) is 0 Å². The molecule has 2 rings (SSSR count). The van der Waals surface area contributed by atoms with Crippen molar-refractivity contribution in [2.24, 2.45) is 0 Å². The highest BCUT2D eigenvalue weighted by Crippen LogP contribution is 2.34. The van der Waals surface area contributed by atoms with Gasteiger partial charge in [0.15, 0.2) is 0 Å². The van der Waals surface area contributed by atoms with E-state index in [1.165, 1.54) is 18.7 Å². The minimum atomic E-state index is -0.445. The third-order valence-electron chi connectivity index (χ3n) is 3.95. The largest absolute Gasteiger partial charge is 0.481 e. The van der Waals surface area contributed by atoms with Crippen LogP contribution in [0.3, 0.4) is 0 Å². The summed E-state index contributed by atoms with van der Waals surface area (Å²) in [6.45, 7) is 4.58. The van der Waals surface area contributed by atoms with Crippen LogP contribution < -0.4 is 15.4 Å². The van der Waals surface area contributed by atoms with Crippen LogP contribution in [0.5, 0.6) is 5.88 Å². The molecule has 2 N–H and O–H groups in total. The zero-order valence-electron chi connectivity index (χ0n) is 14.3. The molecule has 7 nitrogen and oxygen atoms in total. The van der Waals surface area contributed by atoms with Gasteiger partial charge in [0.1, 0.15) is 5.69 Å². The highest BCUT2D eigenvalue weighted by Gasteiger charge is 2.23. The maximum atomic E-state index is 11.4. The van der Waals surface area contributed by atoms with Gasteiger partial charge in [-0.2, -0.15) is 4.98 Å². The Balaban J connectivity index is 2.41. The molecule has 0 aliphatic carbocycles. The molecule has 7 heteroatoms. The minimum absolute atomic E-state index is 0.0927. The maximum Gasteiger partial charge on any atom is 0.334 e. The lowest BCUT2D eigenvalue weighted by Gasteiger charge is -2.14. The van der Waals surface area contributed by atoms with E-state index >= 15 is 0 Å². The van der Waals surface area contributed by atoms with Crippen molar-refractivity contribution >= 4 is 17.2 Å². The van der Waals surface area contributed by atoms with E-state index in [2.05, 4.69) is 28.6 Å². The number of aryl methyl sites for hydroxylation is 2. The molecule has 0 bridgehead atoms. The van der Waals surface area contributed by atoms with Crippen LogP contribution in [0.15, 0.2) is 24.3 Å². The molecule has 0 saturated carbocycles. The first-order chi connectivity index (χ1) is 11.5. The molecule has 0 amide bonds. The van der Waals surface area contributed by atoms with Crippen LogP contribution in [0.2, 0.25) is 0 Å². The highest BCUT2D eigenvalue weighted by atomic mass is 16.6. The zero-order valence-corrected chi connectivity index (χ0v) is 14.3. The van der Waals surface area contributed by atoms with Crippen molar-refractivity contribution in [3.05, 3.63) is 51.1 Å². The number of hydrogen-bond donors (Lipinski definition) is 2. The number of methoxy groups -OCH3 is 1. The number of aromatic nitrogens is 1. The van der Waals surface area contributed by atoms with E-state index < -0.39 is 4.92 Å². The second-order valence-corrected chi connectivity index (χ2v) is 5.34. The summed E-state index contributed by atoms with van der Waals surface area (Å²) in [6, 6.07) is 7.62. The standard InChI is InChI=1S/C17H22N4O3/c1-5-12-8-6-7-11(2)13(12)10-19-17-16(21(22)23)14(18-3)9-15(20-17)24-4/h6-9H,5,10H2,1-4H3,(H2,18,19,20). The molecule has 0 fully saturated rings. The summed E-state index contributed by atoms with van der Waals surface area (Å²) in [7, 11) is 3.11. The quantitative estimate of drug-likeness (QED) is 0.596. The Bertz CT molecular complexity index is 747. The van der Waals surface area contributed by atoms with Gasteiger partial charge in [-0.05, 0) is 30.0 Å². The Labute approximate surface area is 141 Å². The van der Waals surface area contributed by atoms with Crippen molar-refractivity contribution < 1.29 is 9.66 Å². The van der Waals surface area contributed by atoms with Crippen LogP contribution in [0.25, 0.3) is 0 Å². The van der Waals surface area contributed by atoms with E-state index in [-0.39, 0.29) is 11.5 Å². The second-order valence-electron chi connectivity index (χ2n) is 5.34. The van der Waals surface area contributed by atoms with E-state index in [1.807, 2.05) is 19.1 Å². The number of nitrogens with one attached hydrogen (secondary N) is 2. The molecule has 0 atom stereocenters. The van der Waals surface area contributed by atoms with Gasteiger partial charge in [0.2, 0.25) is 11.7 Å². The smallest absolute Gasteiger partial charge is 0.334 e. The molecule has 2 aromatic rings. The number of ether oxygens (including phenoxy) is 1. The van der Waals surface area contributed by atoms with Crippen LogP contribution in [0, 0.1) is 17.0 Å². The van der Waals surface area contributed by atoms with Crippen LogP contribution in [-0.4, -0.2) is 24.1 Å². The first kappa shape index (κ1) is 17.5. The fourth-order valence-electron chi connectivity index (χ4n) is 2.64. The van der Waals surface area contributed by atoms with E-state index in [4.69, 9.17) is 4.74 Å². The van der Waals surface area contributed by atoms with Gasteiger partial charge >= 0.3 is 5.69 Å². The summed E-state index contributed by atoms with van der Waals surface area (Å²) in [5, 5.41) is 17.4. The van der Waals surface area contributed by atoms with Crippen molar-refractivity contribution in [3.8, 4) is 5.88 Å². The Morgan fingerprint density at radius 3 is 2.71 bits per heavy atom. The first-order valence-electron chi connectivity index (χ1n) is 7.74. The summed E-state index contributed by atoms with van der Waals surface area (Å²) in [5.41, 5.74) is 3.74.